The highest BCUT2D eigenvalue weighted by Crippen LogP contribution is 2.25. The Balaban J connectivity index is 1.74. The molecule has 2 aliphatic heterocycles. The Kier molecular flexibility index (Phi) is 6.30. The van der Waals surface area contributed by atoms with Crippen molar-refractivity contribution in [1.29, 1.82) is 0 Å². The highest BCUT2D eigenvalue weighted by Gasteiger charge is 2.34. The molecule has 0 aromatic heterocycles. The molecule has 1 amide bonds. The average molecular weight is 362 g/mol. The van der Waals surface area contributed by atoms with Crippen LogP contribution in [0.4, 0.5) is 4.39 Å². The third-order valence-corrected chi connectivity index (χ3v) is 6.00. The molecule has 2 fully saturated rings. The molecule has 0 spiro atoms. The van der Waals surface area contributed by atoms with Gasteiger partial charge in [-0.2, -0.15) is 0 Å². The lowest BCUT2D eigenvalue weighted by atomic mass is 9.98. The molecule has 144 valence electrons. The van der Waals surface area contributed by atoms with Gasteiger partial charge in [-0.25, -0.2) is 4.39 Å². The van der Waals surface area contributed by atoms with Gasteiger partial charge in [-0.3, -0.25) is 9.69 Å². The lowest BCUT2D eigenvalue weighted by Gasteiger charge is -2.40. The summed E-state index contributed by atoms with van der Waals surface area (Å²) < 4.78 is 13.2. The third kappa shape index (κ3) is 4.63. The molecule has 0 aliphatic carbocycles. The summed E-state index contributed by atoms with van der Waals surface area (Å²) in [5.74, 6) is 0.388. The number of carbonyl (C=O) groups is 1. The van der Waals surface area contributed by atoms with Crippen molar-refractivity contribution in [2.45, 2.75) is 51.7 Å². The minimum Gasteiger partial charge on any atom is -0.334 e. The van der Waals surface area contributed by atoms with Crippen LogP contribution >= 0.6 is 0 Å². The lowest BCUT2D eigenvalue weighted by molar-refractivity contribution is -0.134. The van der Waals surface area contributed by atoms with Crippen LogP contribution in [0.25, 0.3) is 0 Å². The van der Waals surface area contributed by atoms with Gasteiger partial charge in [0.25, 0.3) is 0 Å². The molecule has 1 aromatic carbocycles. The zero-order chi connectivity index (χ0) is 18.7. The number of halogens is 1. The van der Waals surface area contributed by atoms with Gasteiger partial charge in [0.05, 0.1) is 0 Å². The number of nitrogens with zero attached hydrogens (tertiary/aromatic N) is 3. The molecule has 0 unspecified atom stereocenters. The smallest absolute Gasteiger partial charge is 0.224 e. The standard InChI is InChI=1S/C21H32FN3O/c1-16(2)20-15-24(19-8-11-23(3)12-9-19)13-10-21(26)25(20)14-17-4-6-18(22)7-5-17/h4-7,16,19-20H,8-15H2,1-3H3/t20-/m0/s1. The predicted molar refractivity (Wildman–Crippen MR) is 102 cm³/mol. The van der Waals surface area contributed by atoms with Crippen molar-refractivity contribution in [3.05, 3.63) is 35.6 Å². The molecule has 1 atom stereocenters. The summed E-state index contributed by atoms with van der Waals surface area (Å²) in [6.45, 7) is 9.06. The number of rotatable bonds is 4. The molecule has 2 heterocycles. The number of hydrogen-bond acceptors (Lipinski definition) is 3. The summed E-state index contributed by atoms with van der Waals surface area (Å²) in [4.78, 5) is 19.9. The fourth-order valence-corrected chi connectivity index (χ4v) is 4.25. The number of carbonyl (C=O) groups excluding carboxylic acids is 1. The maximum absolute atomic E-state index is 13.2. The first kappa shape index (κ1) is 19.3. The number of hydrogen-bond donors (Lipinski definition) is 0. The van der Waals surface area contributed by atoms with Gasteiger partial charge in [-0.15, -0.1) is 0 Å². The number of amides is 1. The Morgan fingerprint density at radius 1 is 1.12 bits per heavy atom. The number of likely N-dealkylation sites (tertiary alicyclic amines) is 1. The molecule has 3 rings (SSSR count). The second-order valence-electron chi connectivity index (χ2n) is 8.24. The molecule has 4 nitrogen and oxygen atoms in total. The van der Waals surface area contributed by atoms with Crippen molar-refractivity contribution < 1.29 is 9.18 Å². The predicted octanol–water partition coefficient (Wildman–Crippen LogP) is 2.98. The minimum atomic E-state index is -0.232. The molecule has 2 saturated heterocycles. The van der Waals surface area contributed by atoms with E-state index in [4.69, 9.17) is 0 Å². The molecule has 26 heavy (non-hydrogen) atoms. The summed E-state index contributed by atoms with van der Waals surface area (Å²) in [6.07, 6.45) is 2.96. The van der Waals surface area contributed by atoms with E-state index in [0.717, 1.165) is 31.7 Å². The average Bonchev–Trinajstić information content (AvgIpc) is 2.78. The fraction of sp³-hybridized carbons (Fsp3) is 0.667. The molecule has 0 bridgehead atoms. The third-order valence-electron chi connectivity index (χ3n) is 6.00. The summed E-state index contributed by atoms with van der Waals surface area (Å²) in [5.41, 5.74) is 0.998. The molecule has 2 aliphatic rings. The first-order chi connectivity index (χ1) is 12.4. The Morgan fingerprint density at radius 2 is 1.77 bits per heavy atom. The van der Waals surface area contributed by atoms with Crippen molar-refractivity contribution in [3.8, 4) is 0 Å². The van der Waals surface area contributed by atoms with Gasteiger partial charge in [-0.05, 0) is 56.6 Å². The highest BCUT2D eigenvalue weighted by atomic mass is 19.1. The maximum atomic E-state index is 13.2. The summed E-state index contributed by atoms with van der Waals surface area (Å²) in [6, 6.07) is 7.33. The van der Waals surface area contributed by atoms with Crippen LogP contribution in [0, 0.1) is 11.7 Å². The summed E-state index contributed by atoms with van der Waals surface area (Å²) in [5, 5.41) is 0. The van der Waals surface area contributed by atoms with Gasteiger partial charge in [-0.1, -0.05) is 26.0 Å². The highest BCUT2D eigenvalue weighted by molar-refractivity contribution is 5.77. The van der Waals surface area contributed by atoms with Crippen molar-refractivity contribution in [2.24, 2.45) is 5.92 Å². The zero-order valence-electron chi connectivity index (χ0n) is 16.3. The van der Waals surface area contributed by atoms with Crippen molar-refractivity contribution in [2.75, 3.05) is 33.2 Å². The molecule has 1 aromatic rings. The van der Waals surface area contributed by atoms with Gasteiger partial charge in [0.1, 0.15) is 5.82 Å². The van der Waals surface area contributed by atoms with E-state index in [9.17, 15) is 9.18 Å². The van der Waals surface area contributed by atoms with E-state index < -0.39 is 0 Å². The minimum absolute atomic E-state index is 0.203. The van der Waals surface area contributed by atoms with Gasteiger partial charge < -0.3 is 9.80 Å². The van der Waals surface area contributed by atoms with E-state index in [0.29, 0.717) is 24.9 Å². The molecule has 0 N–H and O–H groups in total. The SMILES string of the molecule is CC(C)[C@@H]1CN(C2CCN(C)CC2)CCC(=O)N1Cc1ccc(F)cc1. The first-order valence-electron chi connectivity index (χ1n) is 9.90. The van der Waals surface area contributed by atoms with Crippen LogP contribution < -0.4 is 0 Å². The lowest BCUT2D eigenvalue weighted by Crippen LogP contribution is -2.50. The largest absolute Gasteiger partial charge is 0.334 e. The molecular formula is C21H32FN3O. The van der Waals surface area contributed by atoms with Crippen LogP contribution in [0.3, 0.4) is 0 Å². The van der Waals surface area contributed by atoms with E-state index in [2.05, 4.69) is 30.7 Å². The topological polar surface area (TPSA) is 26.8 Å². The second-order valence-corrected chi connectivity index (χ2v) is 8.24. The monoisotopic (exact) mass is 361 g/mol. The van der Waals surface area contributed by atoms with E-state index in [1.54, 1.807) is 12.1 Å². The number of piperidine rings is 1. The Morgan fingerprint density at radius 3 is 2.38 bits per heavy atom. The van der Waals surface area contributed by atoms with Crippen LogP contribution in [0.15, 0.2) is 24.3 Å². The molecule has 0 saturated carbocycles. The maximum Gasteiger partial charge on any atom is 0.224 e. The Hall–Kier alpha value is -1.46. The normalized spacial score (nSPS) is 24.3. The van der Waals surface area contributed by atoms with Crippen molar-refractivity contribution >= 4 is 5.91 Å². The van der Waals surface area contributed by atoms with Crippen molar-refractivity contribution in [1.82, 2.24) is 14.7 Å². The van der Waals surface area contributed by atoms with E-state index in [1.165, 1.54) is 25.0 Å². The zero-order valence-corrected chi connectivity index (χ0v) is 16.3. The van der Waals surface area contributed by atoms with Gasteiger partial charge in [0.15, 0.2) is 0 Å². The van der Waals surface area contributed by atoms with Crippen LogP contribution in [0.5, 0.6) is 0 Å². The first-order valence-corrected chi connectivity index (χ1v) is 9.90. The van der Waals surface area contributed by atoms with Gasteiger partial charge in [0, 0.05) is 38.1 Å². The van der Waals surface area contributed by atoms with Gasteiger partial charge in [0.2, 0.25) is 5.91 Å². The molecular weight excluding hydrogens is 329 g/mol. The van der Waals surface area contributed by atoms with E-state index in [1.807, 2.05) is 4.90 Å². The van der Waals surface area contributed by atoms with E-state index in [-0.39, 0.29) is 17.8 Å². The Bertz CT molecular complexity index is 596. The van der Waals surface area contributed by atoms with Crippen LogP contribution in [0.2, 0.25) is 0 Å². The van der Waals surface area contributed by atoms with Crippen LogP contribution in [0.1, 0.15) is 38.7 Å². The van der Waals surface area contributed by atoms with Crippen molar-refractivity contribution in [3.63, 3.8) is 0 Å². The Labute approximate surface area is 157 Å². The van der Waals surface area contributed by atoms with Crippen LogP contribution in [-0.2, 0) is 11.3 Å². The summed E-state index contributed by atoms with van der Waals surface area (Å²) in [7, 11) is 2.18. The second kappa shape index (κ2) is 8.49. The molecule has 0 radical (unpaired) electrons. The van der Waals surface area contributed by atoms with Crippen LogP contribution in [-0.4, -0.2) is 65.9 Å². The molecule has 5 heteroatoms. The summed E-state index contributed by atoms with van der Waals surface area (Å²) >= 11 is 0. The number of benzene rings is 1. The van der Waals surface area contributed by atoms with Gasteiger partial charge >= 0.3 is 0 Å². The quantitative estimate of drug-likeness (QED) is 0.825. The van der Waals surface area contributed by atoms with E-state index >= 15 is 0 Å². The fourth-order valence-electron chi connectivity index (χ4n) is 4.25.